The number of aromatic nitrogens is 4. The molecule has 1 aromatic carbocycles. The van der Waals surface area contributed by atoms with E-state index in [0.29, 0.717) is 37.2 Å². The highest BCUT2D eigenvalue weighted by molar-refractivity contribution is 5.74. The standard InChI is InChI=1S/C24H21F6N5/c1-3-6-16(4-2)22-33-20(14-21(34-22)32-7-5-9-35-10-8-31-15-35)17-11-18(23(25,26)27)13-19(12-17)24(28,29)30/h3-4,6,8,10-15H,1-2,5,7,9H2,(H,32,33,34)/b16-6+. The Balaban J connectivity index is 2.04. The maximum atomic E-state index is 13.4. The number of imidazole rings is 1. The van der Waals surface area contributed by atoms with Crippen LogP contribution in [0, 0.1) is 0 Å². The maximum Gasteiger partial charge on any atom is 0.416 e. The van der Waals surface area contributed by atoms with E-state index in [1.165, 1.54) is 24.3 Å². The van der Waals surface area contributed by atoms with Crippen LogP contribution in [0.2, 0.25) is 0 Å². The van der Waals surface area contributed by atoms with Gasteiger partial charge in [0.1, 0.15) is 5.82 Å². The van der Waals surface area contributed by atoms with Gasteiger partial charge in [0.2, 0.25) is 0 Å². The van der Waals surface area contributed by atoms with Gasteiger partial charge >= 0.3 is 12.4 Å². The average molecular weight is 493 g/mol. The lowest BCUT2D eigenvalue weighted by molar-refractivity contribution is -0.143. The highest BCUT2D eigenvalue weighted by atomic mass is 19.4. The van der Waals surface area contributed by atoms with Crippen molar-refractivity contribution in [2.24, 2.45) is 0 Å². The molecule has 0 saturated heterocycles. The molecule has 0 fully saturated rings. The van der Waals surface area contributed by atoms with E-state index in [0.717, 1.165) is 0 Å². The van der Waals surface area contributed by atoms with Crippen molar-refractivity contribution in [1.29, 1.82) is 0 Å². The van der Waals surface area contributed by atoms with Crippen molar-refractivity contribution in [2.75, 3.05) is 11.9 Å². The molecule has 0 amide bonds. The number of allylic oxidation sites excluding steroid dienone is 4. The molecule has 5 nitrogen and oxygen atoms in total. The summed E-state index contributed by atoms with van der Waals surface area (Å²) in [6.07, 6.45) is 0.181. The van der Waals surface area contributed by atoms with Crippen LogP contribution in [-0.2, 0) is 18.9 Å². The van der Waals surface area contributed by atoms with E-state index in [1.807, 2.05) is 4.57 Å². The Kier molecular flexibility index (Phi) is 7.78. The summed E-state index contributed by atoms with van der Waals surface area (Å²) in [7, 11) is 0. The van der Waals surface area contributed by atoms with Crippen molar-refractivity contribution in [3.8, 4) is 11.3 Å². The number of nitrogens with one attached hydrogen (secondary N) is 1. The van der Waals surface area contributed by atoms with E-state index in [1.54, 1.807) is 18.7 Å². The van der Waals surface area contributed by atoms with Crippen LogP contribution in [0.3, 0.4) is 0 Å². The molecule has 3 aromatic rings. The average Bonchev–Trinajstić information content (AvgIpc) is 3.32. The van der Waals surface area contributed by atoms with E-state index < -0.39 is 23.5 Å². The molecule has 184 valence electrons. The Morgan fingerprint density at radius 2 is 1.66 bits per heavy atom. The van der Waals surface area contributed by atoms with Crippen LogP contribution in [0.25, 0.3) is 16.8 Å². The number of hydrogen-bond acceptors (Lipinski definition) is 4. The lowest BCUT2D eigenvalue weighted by Gasteiger charge is -2.15. The zero-order valence-electron chi connectivity index (χ0n) is 18.4. The summed E-state index contributed by atoms with van der Waals surface area (Å²) in [6.45, 7) is 8.33. The van der Waals surface area contributed by atoms with E-state index in [2.05, 4.69) is 33.4 Å². The number of nitrogens with zero attached hydrogens (tertiary/aromatic N) is 4. The Morgan fingerprint density at radius 1 is 0.971 bits per heavy atom. The van der Waals surface area contributed by atoms with Gasteiger partial charge in [-0.2, -0.15) is 26.3 Å². The Labute approximate surface area is 197 Å². The molecule has 0 bridgehead atoms. The molecular weight excluding hydrogens is 472 g/mol. The van der Waals surface area contributed by atoms with Gasteiger partial charge in [0.15, 0.2) is 5.82 Å². The molecule has 0 aliphatic carbocycles. The minimum absolute atomic E-state index is 0.0699. The third-order valence-corrected chi connectivity index (χ3v) is 4.84. The fourth-order valence-corrected chi connectivity index (χ4v) is 3.18. The number of alkyl halides is 6. The van der Waals surface area contributed by atoms with Gasteiger partial charge in [-0.05, 0) is 24.6 Å². The van der Waals surface area contributed by atoms with E-state index in [-0.39, 0.29) is 29.0 Å². The van der Waals surface area contributed by atoms with Crippen LogP contribution in [0.15, 0.2) is 74.4 Å². The molecular formula is C24H21F6N5. The van der Waals surface area contributed by atoms with Gasteiger partial charge in [-0.25, -0.2) is 15.0 Å². The molecule has 2 heterocycles. The highest BCUT2D eigenvalue weighted by Crippen LogP contribution is 2.38. The van der Waals surface area contributed by atoms with Gasteiger partial charge in [-0.3, -0.25) is 0 Å². The molecule has 0 atom stereocenters. The summed E-state index contributed by atoms with van der Waals surface area (Å²) < 4.78 is 82.0. The third kappa shape index (κ3) is 6.81. The Morgan fingerprint density at radius 3 is 2.20 bits per heavy atom. The minimum atomic E-state index is -4.98. The van der Waals surface area contributed by atoms with Crippen molar-refractivity contribution < 1.29 is 26.3 Å². The van der Waals surface area contributed by atoms with Gasteiger partial charge in [0, 0.05) is 42.7 Å². The molecule has 0 saturated carbocycles. The van der Waals surface area contributed by atoms with Gasteiger partial charge < -0.3 is 9.88 Å². The first-order valence-corrected chi connectivity index (χ1v) is 10.4. The van der Waals surface area contributed by atoms with Crippen LogP contribution < -0.4 is 5.32 Å². The monoisotopic (exact) mass is 493 g/mol. The molecule has 2 aromatic heterocycles. The van der Waals surface area contributed by atoms with E-state index in [9.17, 15) is 26.3 Å². The number of hydrogen-bond donors (Lipinski definition) is 1. The quantitative estimate of drug-likeness (QED) is 0.206. The molecule has 0 radical (unpaired) electrons. The smallest absolute Gasteiger partial charge is 0.370 e. The fourth-order valence-electron chi connectivity index (χ4n) is 3.18. The lowest BCUT2D eigenvalue weighted by atomic mass is 10.0. The van der Waals surface area contributed by atoms with Crippen LogP contribution in [-0.4, -0.2) is 26.1 Å². The van der Waals surface area contributed by atoms with Crippen LogP contribution in [0.1, 0.15) is 23.4 Å². The van der Waals surface area contributed by atoms with Crippen LogP contribution >= 0.6 is 0 Å². The predicted octanol–water partition coefficient (Wildman–Crippen LogP) is 6.64. The molecule has 0 unspecified atom stereocenters. The second kappa shape index (κ2) is 10.6. The van der Waals surface area contributed by atoms with Crippen molar-refractivity contribution >= 4 is 11.4 Å². The first kappa shape index (κ1) is 25.7. The minimum Gasteiger partial charge on any atom is -0.370 e. The zero-order valence-corrected chi connectivity index (χ0v) is 18.4. The van der Waals surface area contributed by atoms with Crippen LogP contribution in [0.4, 0.5) is 32.2 Å². The van der Waals surface area contributed by atoms with E-state index >= 15 is 0 Å². The zero-order chi connectivity index (χ0) is 25.6. The fraction of sp³-hybridized carbons (Fsp3) is 0.208. The highest BCUT2D eigenvalue weighted by Gasteiger charge is 2.37. The molecule has 1 N–H and O–H groups in total. The van der Waals surface area contributed by atoms with Gasteiger partial charge in [0.25, 0.3) is 0 Å². The molecule has 0 aliphatic rings. The topological polar surface area (TPSA) is 55.6 Å². The van der Waals surface area contributed by atoms with E-state index in [4.69, 9.17) is 0 Å². The van der Waals surface area contributed by atoms with Crippen molar-refractivity contribution in [2.45, 2.75) is 25.3 Å². The third-order valence-electron chi connectivity index (χ3n) is 4.84. The second-order valence-electron chi connectivity index (χ2n) is 7.40. The molecule has 35 heavy (non-hydrogen) atoms. The first-order chi connectivity index (χ1) is 16.5. The molecule has 0 spiro atoms. The number of halogens is 6. The number of anilines is 1. The summed E-state index contributed by atoms with van der Waals surface area (Å²) in [5.41, 5.74) is -2.92. The lowest BCUT2D eigenvalue weighted by Crippen LogP contribution is -2.12. The van der Waals surface area contributed by atoms with Crippen LogP contribution in [0.5, 0.6) is 0 Å². The molecule has 11 heteroatoms. The summed E-state index contributed by atoms with van der Waals surface area (Å²) in [4.78, 5) is 12.5. The summed E-state index contributed by atoms with van der Waals surface area (Å²) in [5.74, 6) is 0.305. The largest absolute Gasteiger partial charge is 0.416 e. The van der Waals surface area contributed by atoms with Gasteiger partial charge in [-0.15, -0.1) is 0 Å². The summed E-state index contributed by atoms with van der Waals surface area (Å²) in [5, 5.41) is 3.05. The normalized spacial score (nSPS) is 12.5. The number of benzene rings is 1. The SMILES string of the molecule is C=C/C=C(\C=C)c1nc(NCCCn2ccnc2)cc(-c2cc(C(F)(F)F)cc(C(F)(F)F)c2)n1. The Hall–Kier alpha value is -3.89. The first-order valence-electron chi connectivity index (χ1n) is 10.4. The van der Waals surface area contributed by atoms with Crippen molar-refractivity contribution in [1.82, 2.24) is 19.5 Å². The predicted molar refractivity (Wildman–Crippen MR) is 121 cm³/mol. The molecule has 0 aliphatic heterocycles. The summed E-state index contributed by atoms with van der Waals surface area (Å²) in [6, 6.07) is 2.66. The molecule has 3 rings (SSSR count). The van der Waals surface area contributed by atoms with Gasteiger partial charge in [0.05, 0.1) is 23.1 Å². The maximum absolute atomic E-state index is 13.4. The number of rotatable bonds is 9. The Bertz CT molecular complexity index is 1180. The van der Waals surface area contributed by atoms with Crippen molar-refractivity contribution in [3.63, 3.8) is 0 Å². The summed E-state index contributed by atoms with van der Waals surface area (Å²) >= 11 is 0. The second-order valence-corrected chi connectivity index (χ2v) is 7.40. The number of aryl methyl sites for hydroxylation is 1. The van der Waals surface area contributed by atoms with Gasteiger partial charge in [-0.1, -0.05) is 31.4 Å². The van der Waals surface area contributed by atoms with Crippen molar-refractivity contribution in [3.05, 3.63) is 91.3 Å².